The van der Waals surface area contributed by atoms with Gasteiger partial charge in [-0.1, -0.05) is 20.3 Å². The van der Waals surface area contributed by atoms with Gasteiger partial charge in [-0.05, 0) is 24.5 Å². The van der Waals surface area contributed by atoms with Crippen molar-refractivity contribution in [2.75, 3.05) is 0 Å². The highest BCUT2D eigenvalue weighted by Crippen LogP contribution is 2.11. The fraction of sp³-hybridized carbons (Fsp3) is 0.600. The van der Waals surface area contributed by atoms with Crippen LogP contribution in [0.3, 0.4) is 0 Å². The van der Waals surface area contributed by atoms with E-state index in [1.807, 2.05) is 12.1 Å². The van der Waals surface area contributed by atoms with Crippen LogP contribution in [0.1, 0.15) is 33.9 Å². The molecule has 11 heavy (non-hydrogen) atoms. The van der Waals surface area contributed by atoms with Gasteiger partial charge in [0.25, 0.3) is 0 Å². The third-order valence-corrected chi connectivity index (χ3v) is 2.16. The molecule has 1 unspecified atom stereocenters. The Hall–Kier alpha value is -0.720. The standard InChI is InChI=1S/C10H16O.H2/c1-3-9(2)6-7-10-5-4-8-11-10;/h4-5,8-9H,3,6-7H2,1-2H3;1H. The Morgan fingerprint density at radius 3 is 3.00 bits per heavy atom. The monoisotopic (exact) mass is 154 g/mol. The Labute approximate surface area is 69.9 Å². The molecule has 1 aromatic rings. The van der Waals surface area contributed by atoms with Crippen LogP contribution in [0.2, 0.25) is 0 Å². The molecule has 64 valence electrons. The fourth-order valence-corrected chi connectivity index (χ4v) is 1.05. The molecule has 1 aromatic heterocycles. The molecular weight excluding hydrogens is 136 g/mol. The van der Waals surface area contributed by atoms with Crippen molar-refractivity contribution in [2.45, 2.75) is 33.1 Å². The van der Waals surface area contributed by atoms with Crippen LogP contribution in [0.25, 0.3) is 0 Å². The maximum absolute atomic E-state index is 5.23. The predicted octanol–water partition coefficient (Wildman–Crippen LogP) is 3.50. The van der Waals surface area contributed by atoms with Gasteiger partial charge in [0.15, 0.2) is 0 Å². The van der Waals surface area contributed by atoms with Crippen molar-refractivity contribution in [3.05, 3.63) is 24.2 Å². The Morgan fingerprint density at radius 2 is 2.45 bits per heavy atom. The first-order valence-electron chi connectivity index (χ1n) is 4.35. The summed E-state index contributed by atoms with van der Waals surface area (Å²) in [7, 11) is 0. The molecule has 0 aromatic carbocycles. The van der Waals surface area contributed by atoms with Gasteiger partial charge in [-0.3, -0.25) is 0 Å². The van der Waals surface area contributed by atoms with Gasteiger partial charge in [0.05, 0.1) is 6.26 Å². The second kappa shape index (κ2) is 4.22. The molecule has 1 heterocycles. The minimum atomic E-state index is 0. The Morgan fingerprint density at radius 1 is 1.64 bits per heavy atom. The van der Waals surface area contributed by atoms with Crippen molar-refractivity contribution in [2.24, 2.45) is 5.92 Å². The molecule has 0 spiro atoms. The van der Waals surface area contributed by atoms with Crippen LogP contribution < -0.4 is 0 Å². The molecular formula is C10H18O. The Balaban J connectivity index is 0.00000121. The number of furan rings is 1. The van der Waals surface area contributed by atoms with E-state index >= 15 is 0 Å². The van der Waals surface area contributed by atoms with E-state index in [9.17, 15) is 0 Å². The summed E-state index contributed by atoms with van der Waals surface area (Å²) in [5.74, 6) is 1.94. The number of aryl methyl sites for hydroxylation is 1. The van der Waals surface area contributed by atoms with Crippen LogP contribution in [0, 0.1) is 5.92 Å². The topological polar surface area (TPSA) is 13.1 Å². The zero-order valence-corrected chi connectivity index (χ0v) is 7.34. The smallest absolute Gasteiger partial charge is 0.103 e. The normalized spacial score (nSPS) is 13.3. The summed E-state index contributed by atoms with van der Waals surface area (Å²) >= 11 is 0. The first kappa shape index (κ1) is 8.38. The summed E-state index contributed by atoms with van der Waals surface area (Å²) in [6.07, 6.45) is 5.33. The van der Waals surface area contributed by atoms with E-state index in [1.165, 1.54) is 12.8 Å². The lowest BCUT2D eigenvalue weighted by Gasteiger charge is -2.04. The average molecular weight is 154 g/mol. The van der Waals surface area contributed by atoms with E-state index < -0.39 is 0 Å². The summed E-state index contributed by atoms with van der Waals surface area (Å²) in [5.41, 5.74) is 0. The largest absolute Gasteiger partial charge is 0.469 e. The molecule has 0 amide bonds. The lowest BCUT2D eigenvalue weighted by Crippen LogP contribution is -1.93. The molecule has 0 aliphatic heterocycles. The van der Waals surface area contributed by atoms with Crippen LogP contribution in [0.4, 0.5) is 0 Å². The van der Waals surface area contributed by atoms with Gasteiger partial charge in [0.2, 0.25) is 0 Å². The molecule has 0 N–H and O–H groups in total. The van der Waals surface area contributed by atoms with E-state index in [0.29, 0.717) is 0 Å². The first-order chi connectivity index (χ1) is 5.33. The summed E-state index contributed by atoms with van der Waals surface area (Å²) < 4.78 is 5.23. The minimum absolute atomic E-state index is 0. The fourth-order valence-electron chi connectivity index (χ4n) is 1.05. The maximum atomic E-state index is 5.23. The van der Waals surface area contributed by atoms with Gasteiger partial charge in [0, 0.05) is 7.85 Å². The number of rotatable bonds is 4. The van der Waals surface area contributed by atoms with E-state index in [2.05, 4.69) is 13.8 Å². The van der Waals surface area contributed by atoms with Gasteiger partial charge >= 0.3 is 0 Å². The molecule has 1 rings (SSSR count). The van der Waals surface area contributed by atoms with Gasteiger partial charge in [-0.15, -0.1) is 0 Å². The van der Waals surface area contributed by atoms with Crippen molar-refractivity contribution in [1.82, 2.24) is 0 Å². The van der Waals surface area contributed by atoms with Crippen molar-refractivity contribution in [1.29, 1.82) is 0 Å². The summed E-state index contributed by atoms with van der Waals surface area (Å²) in [6.45, 7) is 4.51. The highest BCUT2D eigenvalue weighted by atomic mass is 16.3. The summed E-state index contributed by atoms with van der Waals surface area (Å²) in [5, 5.41) is 0. The Kier molecular flexibility index (Phi) is 3.21. The SMILES string of the molecule is CCC(C)CCc1ccco1.[HH]. The average Bonchev–Trinajstić information content (AvgIpc) is 2.52. The highest BCUT2D eigenvalue weighted by Gasteiger charge is 2.00. The van der Waals surface area contributed by atoms with E-state index in [4.69, 9.17) is 4.42 Å². The number of hydrogen-bond acceptors (Lipinski definition) is 1. The molecule has 0 saturated carbocycles. The van der Waals surface area contributed by atoms with Crippen LogP contribution in [-0.2, 0) is 6.42 Å². The predicted molar refractivity (Wildman–Crippen MR) is 48.6 cm³/mol. The minimum Gasteiger partial charge on any atom is -0.469 e. The zero-order valence-electron chi connectivity index (χ0n) is 7.34. The molecule has 0 aliphatic carbocycles. The van der Waals surface area contributed by atoms with Crippen molar-refractivity contribution < 1.29 is 5.84 Å². The Bertz CT molecular complexity index is 182. The van der Waals surface area contributed by atoms with Crippen LogP contribution in [0.5, 0.6) is 0 Å². The van der Waals surface area contributed by atoms with Crippen LogP contribution in [-0.4, -0.2) is 0 Å². The van der Waals surface area contributed by atoms with Crippen LogP contribution >= 0.6 is 0 Å². The molecule has 0 bridgehead atoms. The molecule has 1 atom stereocenters. The van der Waals surface area contributed by atoms with Gasteiger partial charge in [0.1, 0.15) is 5.76 Å². The molecule has 0 saturated heterocycles. The summed E-state index contributed by atoms with van der Waals surface area (Å²) in [6, 6.07) is 3.99. The highest BCUT2D eigenvalue weighted by molar-refractivity contribution is 4.97. The van der Waals surface area contributed by atoms with E-state index in [-0.39, 0.29) is 1.43 Å². The second-order valence-corrected chi connectivity index (χ2v) is 3.13. The van der Waals surface area contributed by atoms with E-state index in [0.717, 1.165) is 18.1 Å². The molecule has 0 aliphatic rings. The molecule has 0 fully saturated rings. The second-order valence-electron chi connectivity index (χ2n) is 3.13. The zero-order chi connectivity index (χ0) is 8.10. The molecule has 1 heteroatoms. The lowest BCUT2D eigenvalue weighted by atomic mass is 10.0. The van der Waals surface area contributed by atoms with Crippen LogP contribution in [0.15, 0.2) is 22.8 Å². The third kappa shape index (κ3) is 2.79. The molecule has 1 nitrogen and oxygen atoms in total. The van der Waals surface area contributed by atoms with Crippen molar-refractivity contribution in [3.8, 4) is 0 Å². The lowest BCUT2D eigenvalue weighted by molar-refractivity contribution is 0.454. The van der Waals surface area contributed by atoms with Crippen molar-refractivity contribution >= 4 is 0 Å². The molecule has 0 radical (unpaired) electrons. The quantitative estimate of drug-likeness (QED) is 0.647. The van der Waals surface area contributed by atoms with Gasteiger partial charge in [-0.25, -0.2) is 0 Å². The van der Waals surface area contributed by atoms with Gasteiger partial charge in [-0.2, -0.15) is 0 Å². The summed E-state index contributed by atoms with van der Waals surface area (Å²) in [4.78, 5) is 0. The van der Waals surface area contributed by atoms with Crippen molar-refractivity contribution in [3.63, 3.8) is 0 Å². The third-order valence-electron chi connectivity index (χ3n) is 2.16. The maximum Gasteiger partial charge on any atom is 0.103 e. The van der Waals surface area contributed by atoms with E-state index in [1.54, 1.807) is 6.26 Å². The number of hydrogen-bond donors (Lipinski definition) is 0. The van der Waals surface area contributed by atoms with Gasteiger partial charge < -0.3 is 4.42 Å². The first-order valence-corrected chi connectivity index (χ1v) is 4.35.